The molecule has 21 heavy (non-hydrogen) atoms. The molecule has 3 rings (SSSR count). The summed E-state index contributed by atoms with van der Waals surface area (Å²) in [5, 5.41) is 23.4. The first kappa shape index (κ1) is 13.9. The number of rotatable bonds is 3. The van der Waals surface area contributed by atoms with E-state index in [2.05, 4.69) is 16.7 Å². The SMILES string of the molecule is C=C[C@]1(CO)O[C@@H](c2ccc3c(N)ncnn23)[C@H](F)[C@@H]1O. The van der Waals surface area contributed by atoms with Crippen LogP contribution in [0.1, 0.15) is 11.8 Å². The van der Waals surface area contributed by atoms with E-state index in [0.29, 0.717) is 11.2 Å². The number of aliphatic hydroxyl groups excluding tert-OH is 2. The molecule has 7 nitrogen and oxygen atoms in total. The van der Waals surface area contributed by atoms with Crippen molar-refractivity contribution in [3.05, 3.63) is 36.8 Å². The van der Waals surface area contributed by atoms with E-state index >= 15 is 0 Å². The first-order valence-corrected chi connectivity index (χ1v) is 6.36. The Morgan fingerprint density at radius 3 is 2.95 bits per heavy atom. The summed E-state index contributed by atoms with van der Waals surface area (Å²) in [4.78, 5) is 3.85. The van der Waals surface area contributed by atoms with Gasteiger partial charge in [0, 0.05) is 0 Å². The van der Waals surface area contributed by atoms with E-state index in [9.17, 15) is 14.6 Å². The third-order valence-electron chi connectivity index (χ3n) is 3.83. The molecule has 0 aliphatic carbocycles. The molecular weight excluding hydrogens is 279 g/mol. The Hall–Kier alpha value is -2.03. The molecule has 2 aromatic rings. The van der Waals surface area contributed by atoms with Crippen molar-refractivity contribution in [3.8, 4) is 0 Å². The maximum atomic E-state index is 14.4. The van der Waals surface area contributed by atoms with Gasteiger partial charge in [-0.1, -0.05) is 6.08 Å². The zero-order chi connectivity index (χ0) is 15.2. The van der Waals surface area contributed by atoms with Crippen LogP contribution in [-0.4, -0.2) is 49.3 Å². The van der Waals surface area contributed by atoms with E-state index < -0.39 is 30.6 Å². The molecule has 3 heterocycles. The fourth-order valence-corrected chi connectivity index (χ4v) is 2.58. The van der Waals surface area contributed by atoms with Crippen molar-refractivity contribution in [1.29, 1.82) is 0 Å². The van der Waals surface area contributed by atoms with Crippen molar-refractivity contribution < 1.29 is 19.3 Å². The minimum Gasteiger partial charge on any atom is -0.393 e. The van der Waals surface area contributed by atoms with Crippen molar-refractivity contribution in [2.24, 2.45) is 0 Å². The van der Waals surface area contributed by atoms with Crippen LogP contribution in [0.2, 0.25) is 0 Å². The standard InChI is InChI=1S/C13H15FN4O3/c1-2-13(5-19)11(20)9(14)10(21-13)7-3-4-8-12(15)16-6-17-18(7)8/h2-4,6,9-11,19-20H,1,5H2,(H2,15,16,17)/t9-,10-,11-,13+/m0/s1. The number of nitrogens with zero attached hydrogens (tertiary/aromatic N) is 3. The number of alkyl halides is 1. The van der Waals surface area contributed by atoms with E-state index in [1.54, 1.807) is 12.1 Å². The molecule has 1 fully saturated rings. The molecule has 1 saturated heterocycles. The summed E-state index contributed by atoms with van der Waals surface area (Å²) >= 11 is 0. The van der Waals surface area contributed by atoms with Gasteiger partial charge in [-0.2, -0.15) is 5.10 Å². The van der Waals surface area contributed by atoms with Crippen LogP contribution in [0.25, 0.3) is 5.52 Å². The van der Waals surface area contributed by atoms with E-state index in [1.165, 1.54) is 16.9 Å². The molecule has 0 amide bonds. The Bertz CT molecular complexity index is 691. The highest BCUT2D eigenvalue weighted by atomic mass is 19.1. The Morgan fingerprint density at radius 1 is 1.57 bits per heavy atom. The summed E-state index contributed by atoms with van der Waals surface area (Å²) in [5.41, 5.74) is 5.08. The van der Waals surface area contributed by atoms with Crippen LogP contribution in [0.5, 0.6) is 0 Å². The molecule has 1 aliphatic rings. The lowest BCUT2D eigenvalue weighted by atomic mass is 9.96. The summed E-state index contributed by atoms with van der Waals surface area (Å²) in [5.74, 6) is 0.252. The molecule has 0 saturated carbocycles. The third kappa shape index (κ3) is 1.84. The molecule has 112 valence electrons. The highest BCUT2D eigenvalue weighted by molar-refractivity contribution is 5.65. The molecule has 0 unspecified atom stereocenters. The zero-order valence-corrected chi connectivity index (χ0v) is 11.1. The first-order valence-electron chi connectivity index (χ1n) is 6.36. The second-order valence-corrected chi connectivity index (χ2v) is 4.95. The number of fused-ring (bicyclic) bond motifs is 1. The average molecular weight is 294 g/mol. The Morgan fingerprint density at radius 2 is 2.33 bits per heavy atom. The molecule has 4 atom stereocenters. The van der Waals surface area contributed by atoms with E-state index in [0.717, 1.165) is 0 Å². The van der Waals surface area contributed by atoms with Gasteiger partial charge in [0.1, 0.15) is 29.7 Å². The summed E-state index contributed by atoms with van der Waals surface area (Å²) in [6.07, 6.45) is -1.89. The van der Waals surface area contributed by atoms with Crippen molar-refractivity contribution in [3.63, 3.8) is 0 Å². The normalized spacial score (nSPS) is 32.6. The Balaban J connectivity index is 2.08. The average Bonchev–Trinajstić information content (AvgIpc) is 3.02. The summed E-state index contributed by atoms with van der Waals surface area (Å²) in [6.45, 7) is 2.92. The quantitative estimate of drug-likeness (QED) is 0.688. The molecule has 4 N–H and O–H groups in total. The highest BCUT2D eigenvalue weighted by Crippen LogP contribution is 2.42. The summed E-state index contributed by atoms with van der Waals surface area (Å²) in [6, 6.07) is 3.24. The molecule has 8 heteroatoms. The van der Waals surface area contributed by atoms with Gasteiger partial charge in [-0.15, -0.1) is 6.58 Å². The Kier molecular flexibility index (Phi) is 3.16. The van der Waals surface area contributed by atoms with Crippen LogP contribution in [0.3, 0.4) is 0 Å². The number of aromatic nitrogens is 3. The third-order valence-corrected chi connectivity index (χ3v) is 3.83. The molecule has 0 radical (unpaired) electrons. The molecule has 2 aromatic heterocycles. The van der Waals surface area contributed by atoms with Crippen LogP contribution in [0.15, 0.2) is 31.1 Å². The monoisotopic (exact) mass is 294 g/mol. The first-order chi connectivity index (χ1) is 10.0. The van der Waals surface area contributed by atoms with Gasteiger partial charge in [-0.3, -0.25) is 0 Å². The fraction of sp³-hybridized carbons (Fsp3) is 0.385. The number of anilines is 1. The minimum absolute atomic E-state index is 0.252. The number of aliphatic hydroxyl groups is 2. The molecule has 1 aliphatic heterocycles. The maximum Gasteiger partial charge on any atom is 0.161 e. The largest absolute Gasteiger partial charge is 0.393 e. The van der Waals surface area contributed by atoms with Crippen molar-refractivity contribution in [2.75, 3.05) is 12.3 Å². The van der Waals surface area contributed by atoms with Gasteiger partial charge in [-0.25, -0.2) is 13.9 Å². The van der Waals surface area contributed by atoms with Gasteiger partial charge in [0.2, 0.25) is 0 Å². The molecular formula is C13H15FN4O3. The predicted octanol–water partition coefficient (Wildman–Crippen LogP) is -0.00110. The number of nitrogen functional groups attached to an aromatic ring is 1. The number of ether oxygens (including phenoxy) is 1. The van der Waals surface area contributed by atoms with Crippen LogP contribution < -0.4 is 5.73 Å². The van der Waals surface area contributed by atoms with Crippen molar-refractivity contribution in [2.45, 2.75) is 24.0 Å². The zero-order valence-electron chi connectivity index (χ0n) is 11.1. The van der Waals surface area contributed by atoms with Crippen LogP contribution in [0, 0.1) is 0 Å². The number of nitrogens with two attached hydrogens (primary N) is 1. The lowest BCUT2D eigenvalue weighted by molar-refractivity contribution is -0.0798. The topological polar surface area (TPSA) is 106 Å². The number of hydrogen-bond donors (Lipinski definition) is 3. The van der Waals surface area contributed by atoms with Gasteiger partial charge < -0.3 is 20.7 Å². The van der Waals surface area contributed by atoms with Crippen molar-refractivity contribution in [1.82, 2.24) is 14.6 Å². The second-order valence-electron chi connectivity index (χ2n) is 4.95. The molecule has 0 aromatic carbocycles. The maximum absolute atomic E-state index is 14.4. The van der Waals surface area contributed by atoms with E-state index in [4.69, 9.17) is 10.5 Å². The smallest absolute Gasteiger partial charge is 0.161 e. The minimum atomic E-state index is -1.73. The van der Waals surface area contributed by atoms with Crippen LogP contribution in [0.4, 0.5) is 10.2 Å². The summed E-state index contributed by atoms with van der Waals surface area (Å²) < 4.78 is 21.4. The fourth-order valence-electron chi connectivity index (χ4n) is 2.58. The predicted molar refractivity (Wildman–Crippen MR) is 72.1 cm³/mol. The van der Waals surface area contributed by atoms with E-state index in [1.807, 2.05) is 0 Å². The van der Waals surface area contributed by atoms with Gasteiger partial charge >= 0.3 is 0 Å². The van der Waals surface area contributed by atoms with Gasteiger partial charge in [0.25, 0.3) is 0 Å². The molecule has 0 spiro atoms. The lowest BCUT2D eigenvalue weighted by Gasteiger charge is -2.25. The van der Waals surface area contributed by atoms with Gasteiger partial charge in [0.15, 0.2) is 12.0 Å². The highest BCUT2D eigenvalue weighted by Gasteiger charge is 2.54. The van der Waals surface area contributed by atoms with Crippen LogP contribution in [-0.2, 0) is 4.74 Å². The number of hydrogen-bond acceptors (Lipinski definition) is 6. The second kappa shape index (κ2) is 4.76. The van der Waals surface area contributed by atoms with Crippen LogP contribution >= 0.6 is 0 Å². The van der Waals surface area contributed by atoms with Crippen molar-refractivity contribution >= 4 is 11.3 Å². The number of halogens is 1. The summed E-state index contributed by atoms with van der Waals surface area (Å²) in [7, 11) is 0. The van der Waals surface area contributed by atoms with E-state index in [-0.39, 0.29) is 5.82 Å². The molecule has 0 bridgehead atoms. The van der Waals surface area contributed by atoms with Gasteiger partial charge in [0.05, 0.1) is 12.3 Å². The Labute approximate surface area is 119 Å². The van der Waals surface area contributed by atoms with Gasteiger partial charge in [-0.05, 0) is 12.1 Å². The lowest BCUT2D eigenvalue weighted by Crippen LogP contribution is -2.43.